The van der Waals surface area contributed by atoms with Crippen LogP contribution in [0.2, 0.25) is 0 Å². The second-order valence-corrected chi connectivity index (χ2v) is 3.69. The number of benzene rings is 1. The highest BCUT2D eigenvalue weighted by atomic mass is 16.5. The number of hydrogen-bond donors (Lipinski definition) is 1. The van der Waals surface area contributed by atoms with E-state index in [1.54, 1.807) is 38.1 Å². The van der Waals surface area contributed by atoms with Crippen LogP contribution in [0.1, 0.15) is 19.4 Å². The number of Topliss-reactive ketones (excluding diaryl/α,β-unsaturated/α-hetero) is 1. The minimum atomic E-state index is -0.654. The smallest absolute Gasteiger partial charge is 0.258 e. The van der Waals surface area contributed by atoms with Crippen LogP contribution in [-0.2, 0) is 16.0 Å². The van der Waals surface area contributed by atoms with Gasteiger partial charge in [0.15, 0.2) is 6.10 Å². The molecular formula is C12H15NO3. The van der Waals surface area contributed by atoms with Crippen molar-refractivity contribution in [3.63, 3.8) is 0 Å². The predicted molar refractivity (Wildman–Crippen MR) is 60.1 cm³/mol. The summed E-state index contributed by atoms with van der Waals surface area (Å²) >= 11 is 0. The van der Waals surface area contributed by atoms with Gasteiger partial charge < -0.3 is 10.5 Å². The van der Waals surface area contributed by atoms with Crippen LogP contribution in [-0.4, -0.2) is 17.8 Å². The minimum Gasteiger partial charge on any atom is -0.481 e. The zero-order valence-electron chi connectivity index (χ0n) is 9.40. The van der Waals surface area contributed by atoms with E-state index in [9.17, 15) is 9.59 Å². The second-order valence-electron chi connectivity index (χ2n) is 3.69. The van der Waals surface area contributed by atoms with Gasteiger partial charge in [0.2, 0.25) is 0 Å². The summed E-state index contributed by atoms with van der Waals surface area (Å²) in [5.74, 6) is 0.172. The molecule has 4 nitrogen and oxygen atoms in total. The van der Waals surface area contributed by atoms with E-state index in [2.05, 4.69) is 0 Å². The van der Waals surface area contributed by atoms with E-state index >= 15 is 0 Å². The lowest BCUT2D eigenvalue weighted by Gasteiger charge is -2.11. The third kappa shape index (κ3) is 3.73. The highest BCUT2D eigenvalue weighted by Crippen LogP contribution is 2.14. The molecule has 1 aromatic carbocycles. The molecule has 1 atom stereocenters. The quantitative estimate of drug-likeness (QED) is 0.808. The number of ether oxygens (including phenoxy) is 1. The second kappa shape index (κ2) is 5.30. The molecule has 0 saturated heterocycles. The molecule has 0 aliphatic rings. The van der Waals surface area contributed by atoms with E-state index < -0.39 is 12.0 Å². The van der Waals surface area contributed by atoms with Gasteiger partial charge in [-0.1, -0.05) is 12.1 Å². The maximum atomic E-state index is 10.9. The third-order valence-electron chi connectivity index (χ3n) is 2.09. The Bertz CT molecular complexity index is 384. The molecule has 0 bridgehead atoms. The lowest BCUT2D eigenvalue weighted by molar-refractivity contribution is -0.124. The molecule has 0 aliphatic carbocycles. The Labute approximate surface area is 94.4 Å². The minimum absolute atomic E-state index is 0.110. The van der Waals surface area contributed by atoms with Crippen molar-refractivity contribution in [2.75, 3.05) is 0 Å². The average molecular weight is 221 g/mol. The van der Waals surface area contributed by atoms with Crippen LogP contribution >= 0.6 is 0 Å². The van der Waals surface area contributed by atoms with Crippen molar-refractivity contribution in [2.45, 2.75) is 26.4 Å². The number of primary amides is 1. The zero-order valence-corrected chi connectivity index (χ0v) is 9.40. The monoisotopic (exact) mass is 221 g/mol. The Morgan fingerprint density at radius 1 is 1.31 bits per heavy atom. The molecule has 86 valence electrons. The van der Waals surface area contributed by atoms with Crippen molar-refractivity contribution in [2.24, 2.45) is 5.73 Å². The summed E-state index contributed by atoms with van der Waals surface area (Å²) in [6.07, 6.45) is -0.246. The van der Waals surface area contributed by atoms with Gasteiger partial charge in [-0.15, -0.1) is 0 Å². The number of nitrogens with two attached hydrogens (primary N) is 1. The number of carbonyl (C=O) groups excluding carboxylic acids is 2. The van der Waals surface area contributed by atoms with Crippen LogP contribution in [0.5, 0.6) is 5.75 Å². The first-order valence-corrected chi connectivity index (χ1v) is 5.03. The van der Waals surface area contributed by atoms with Crippen LogP contribution in [0.4, 0.5) is 0 Å². The highest BCUT2D eigenvalue weighted by Gasteiger charge is 2.09. The van der Waals surface area contributed by atoms with E-state index in [0.717, 1.165) is 5.56 Å². The van der Waals surface area contributed by atoms with Crippen molar-refractivity contribution < 1.29 is 14.3 Å². The van der Waals surface area contributed by atoms with Crippen LogP contribution in [0.3, 0.4) is 0 Å². The molecule has 1 aromatic rings. The van der Waals surface area contributed by atoms with E-state index in [-0.39, 0.29) is 5.78 Å². The van der Waals surface area contributed by atoms with Gasteiger partial charge in [0.1, 0.15) is 11.5 Å². The standard InChI is InChI=1S/C12H15NO3/c1-8(14)7-10-3-5-11(6-4-10)16-9(2)12(13)15/h3-6,9H,7H2,1-2H3,(H2,13,15). The molecule has 1 rings (SSSR count). The molecule has 16 heavy (non-hydrogen) atoms. The first-order valence-electron chi connectivity index (χ1n) is 5.03. The van der Waals surface area contributed by atoms with Gasteiger partial charge in [0, 0.05) is 6.42 Å². The van der Waals surface area contributed by atoms with Crippen LogP contribution in [0.25, 0.3) is 0 Å². The molecule has 4 heteroatoms. The Hall–Kier alpha value is -1.84. The van der Waals surface area contributed by atoms with E-state index in [1.165, 1.54) is 0 Å². The Kier molecular flexibility index (Phi) is 4.05. The van der Waals surface area contributed by atoms with Gasteiger partial charge in [-0.25, -0.2) is 0 Å². The maximum Gasteiger partial charge on any atom is 0.258 e. The topological polar surface area (TPSA) is 69.4 Å². The molecule has 0 saturated carbocycles. The largest absolute Gasteiger partial charge is 0.481 e. The van der Waals surface area contributed by atoms with Crippen LogP contribution in [0.15, 0.2) is 24.3 Å². The van der Waals surface area contributed by atoms with Crippen molar-refractivity contribution in [3.05, 3.63) is 29.8 Å². The molecule has 0 radical (unpaired) electrons. The highest BCUT2D eigenvalue weighted by molar-refractivity contribution is 5.79. The Balaban J connectivity index is 2.64. The van der Waals surface area contributed by atoms with Crippen molar-refractivity contribution >= 4 is 11.7 Å². The first kappa shape index (κ1) is 12.2. The van der Waals surface area contributed by atoms with Gasteiger partial charge >= 0.3 is 0 Å². The SMILES string of the molecule is CC(=O)Cc1ccc(OC(C)C(N)=O)cc1. The predicted octanol–water partition coefficient (Wildman–Crippen LogP) is 1.07. The van der Waals surface area contributed by atoms with E-state index in [1.807, 2.05) is 0 Å². The average Bonchev–Trinajstić information content (AvgIpc) is 2.20. The van der Waals surface area contributed by atoms with Gasteiger partial charge in [-0.05, 0) is 31.5 Å². The van der Waals surface area contributed by atoms with Gasteiger partial charge in [0.25, 0.3) is 5.91 Å². The number of ketones is 1. The molecule has 1 amide bonds. The van der Waals surface area contributed by atoms with E-state index in [4.69, 9.17) is 10.5 Å². The summed E-state index contributed by atoms with van der Waals surface area (Å²) in [4.78, 5) is 21.6. The van der Waals surface area contributed by atoms with Crippen LogP contribution in [0, 0.1) is 0 Å². The summed E-state index contributed by atoms with van der Waals surface area (Å²) in [6, 6.07) is 7.03. The lowest BCUT2D eigenvalue weighted by Crippen LogP contribution is -2.30. The Morgan fingerprint density at radius 3 is 2.31 bits per heavy atom. The molecule has 0 fully saturated rings. The van der Waals surface area contributed by atoms with Crippen molar-refractivity contribution in [3.8, 4) is 5.75 Å². The molecule has 0 spiro atoms. The van der Waals surface area contributed by atoms with Gasteiger partial charge in [-0.2, -0.15) is 0 Å². The molecule has 0 aromatic heterocycles. The first-order chi connectivity index (χ1) is 7.49. The Morgan fingerprint density at radius 2 is 1.88 bits per heavy atom. The molecule has 1 unspecified atom stereocenters. The summed E-state index contributed by atoms with van der Waals surface area (Å²) in [7, 11) is 0. The number of rotatable bonds is 5. The molecule has 0 aliphatic heterocycles. The number of carbonyl (C=O) groups is 2. The third-order valence-corrected chi connectivity index (χ3v) is 2.09. The summed E-state index contributed by atoms with van der Waals surface area (Å²) in [5, 5.41) is 0. The molecule has 2 N–H and O–H groups in total. The van der Waals surface area contributed by atoms with Crippen molar-refractivity contribution in [1.29, 1.82) is 0 Å². The summed E-state index contributed by atoms with van der Waals surface area (Å²) < 4.78 is 5.28. The fourth-order valence-corrected chi connectivity index (χ4v) is 1.24. The normalized spacial score (nSPS) is 11.9. The zero-order chi connectivity index (χ0) is 12.1. The maximum absolute atomic E-state index is 10.9. The van der Waals surface area contributed by atoms with Gasteiger partial charge in [0.05, 0.1) is 0 Å². The van der Waals surface area contributed by atoms with Crippen molar-refractivity contribution in [1.82, 2.24) is 0 Å². The molecular weight excluding hydrogens is 206 g/mol. The lowest BCUT2D eigenvalue weighted by atomic mass is 10.1. The summed E-state index contributed by atoms with van der Waals surface area (Å²) in [5.41, 5.74) is 5.99. The fourth-order valence-electron chi connectivity index (χ4n) is 1.24. The number of amides is 1. The van der Waals surface area contributed by atoms with Gasteiger partial charge in [-0.3, -0.25) is 9.59 Å². The summed E-state index contributed by atoms with van der Waals surface area (Å²) in [6.45, 7) is 3.13. The molecule has 0 heterocycles. The fraction of sp³-hybridized carbons (Fsp3) is 0.333. The number of hydrogen-bond acceptors (Lipinski definition) is 3. The van der Waals surface area contributed by atoms with E-state index in [0.29, 0.717) is 12.2 Å². The van der Waals surface area contributed by atoms with Crippen LogP contribution < -0.4 is 10.5 Å².